The zero-order valence-electron chi connectivity index (χ0n) is 13.5. The molecule has 0 spiro atoms. The summed E-state index contributed by atoms with van der Waals surface area (Å²) in [7, 11) is 2.62. The van der Waals surface area contributed by atoms with Crippen molar-refractivity contribution in [2.24, 2.45) is 12.1 Å². The van der Waals surface area contributed by atoms with Crippen molar-refractivity contribution in [3.05, 3.63) is 54.8 Å². The number of nitrogens with zero attached hydrogens (tertiary/aromatic N) is 5. The monoisotopic (exact) mass is 395 g/mol. The lowest BCUT2D eigenvalue weighted by Crippen LogP contribution is -2.46. The smallest absolute Gasteiger partial charge is 0.287 e. The van der Waals surface area contributed by atoms with Gasteiger partial charge in [-0.25, -0.2) is 19.1 Å². The third-order valence-electron chi connectivity index (χ3n) is 3.77. The number of hydrogen-bond donors (Lipinski definition) is 0. The van der Waals surface area contributed by atoms with E-state index in [1.165, 1.54) is 32.3 Å². The number of aryl methyl sites for hydroxylation is 1. The van der Waals surface area contributed by atoms with E-state index >= 15 is 0 Å². The maximum Gasteiger partial charge on any atom is 0.351 e. The molecule has 134 valence electrons. The van der Waals surface area contributed by atoms with Crippen molar-refractivity contribution >= 4 is 41.1 Å². The number of ketones is 1. The van der Waals surface area contributed by atoms with E-state index in [0.717, 1.165) is 20.5 Å². The van der Waals surface area contributed by atoms with Crippen LogP contribution in [0, 0.1) is 0 Å². The summed E-state index contributed by atoms with van der Waals surface area (Å²) in [4.78, 5) is 49.4. The van der Waals surface area contributed by atoms with Crippen LogP contribution in [-0.4, -0.2) is 44.3 Å². The van der Waals surface area contributed by atoms with E-state index in [1.807, 2.05) is 0 Å². The fraction of sp³-hybridized carbons (Fsp3) is 0.200. The number of rotatable bonds is 2. The maximum absolute atomic E-state index is 12.9. The van der Waals surface area contributed by atoms with Crippen molar-refractivity contribution in [3.8, 4) is 5.69 Å². The van der Waals surface area contributed by atoms with Gasteiger partial charge in [-0.3, -0.25) is 14.4 Å². The van der Waals surface area contributed by atoms with Gasteiger partial charge in [0.2, 0.25) is 5.78 Å². The molecule has 2 aromatic rings. The average molecular weight is 396 g/mol. The molecule has 0 aliphatic carbocycles. The highest BCUT2D eigenvalue weighted by atomic mass is 35.5. The van der Waals surface area contributed by atoms with Crippen molar-refractivity contribution in [2.75, 3.05) is 7.05 Å². The van der Waals surface area contributed by atoms with E-state index in [1.54, 1.807) is 0 Å². The molecule has 1 atom stereocenters. The number of likely N-dealkylation sites (N-methyl/N-ethyl adjacent to an activating group) is 1. The highest BCUT2D eigenvalue weighted by Gasteiger charge is 2.35. The van der Waals surface area contributed by atoms with Gasteiger partial charge in [-0.15, -0.1) is 0 Å². The van der Waals surface area contributed by atoms with Crippen LogP contribution < -0.4 is 11.2 Å². The lowest BCUT2D eigenvalue weighted by Gasteiger charge is -2.20. The van der Waals surface area contributed by atoms with Crippen molar-refractivity contribution < 1.29 is 9.59 Å². The minimum absolute atomic E-state index is 0.0632. The third kappa shape index (κ3) is 2.85. The van der Waals surface area contributed by atoms with Crippen LogP contribution in [-0.2, 0) is 16.6 Å². The Hall–Kier alpha value is -2.78. The molecule has 0 fully saturated rings. The van der Waals surface area contributed by atoms with E-state index in [9.17, 15) is 19.2 Å². The van der Waals surface area contributed by atoms with Gasteiger partial charge in [0.05, 0.1) is 10.7 Å². The molecule has 1 aromatic heterocycles. The first kappa shape index (κ1) is 18.0. The van der Waals surface area contributed by atoms with Gasteiger partial charge >= 0.3 is 11.6 Å². The van der Waals surface area contributed by atoms with Crippen LogP contribution in [0.2, 0.25) is 10.0 Å². The van der Waals surface area contributed by atoms with E-state index in [4.69, 9.17) is 23.2 Å². The fourth-order valence-electron chi connectivity index (χ4n) is 2.44. The van der Waals surface area contributed by atoms with Gasteiger partial charge in [-0.2, -0.15) is 10.2 Å². The second kappa shape index (κ2) is 6.50. The fourth-order valence-corrected chi connectivity index (χ4v) is 2.93. The zero-order chi connectivity index (χ0) is 19.2. The van der Waals surface area contributed by atoms with Crippen LogP contribution in [0.5, 0.6) is 0 Å². The van der Waals surface area contributed by atoms with E-state index in [2.05, 4.69) is 10.2 Å². The molecule has 0 saturated carbocycles. The number of hydrogen-bond acceptors (Lipinski definition) is 6. The van der Waals surface area contributed by atoms with E-state index in [-0.39, 0.29) is 16.4 Å². The van der Waals surface area contributed by atoms with Crippen LogP contribution in [0.3, 0.4) is 0 Å². The molecular formula is C15H11Cl2N5O4. The summed E-state index contributed by atoms with van der Waals surface area (Å²) in [6, 6.07) is 4.23. The quantitative estimate of drug-likeness (QED) is 0.681. The Balaban J connectivity index is 2.28. The third-order valence-corrected chi connectivity index (χ3v) is 4.31. The SMILES string of the molecule is CN1N=CC(c2nn(C)c(=O)n(-c3ccc(Cl)cc3Cl)c2=O)C(=O)C1=O. The standard InChI is InChI=1S/C15H11Cl2N5O4/c1-20-14(25)12(23)8(6-18-20)11-13(24)22(15(26)21(2)19-11)10-4-3-7(16)5-9(10)17/h3-6,8H,1-2H3. The lowest BCUT2D eigenvalue weighted by molar-refractivity contribution is -0.144. The van der Waals surface area contributed by atoms with Gasteiger partial charge in [-0.05, 0) is 18.2 Å². The molecule has 11 heteroatoms. The molecule has 0 N–H and O–H groups in total. The summed E-state index contributed by atoms with van der Waals surface area (Å²) in [5, 5.41) is 8.86. The molecule has 1 aliphatic rings. The number of hydrazone groups is 1. The summed E-state index contributed by atoms with van der Waals surface area (Å²) < 4.78 is 1.65. The molecule has 2 heterocycles. The lowest BCUT2D eigenvalue weighted by atomic mass is 10.00. The van der Waals surface area contributed by atoms with Crippen molar-refractivity contribution in [1.82, 2.24) is 19.4 Å². The predicted molar refractivity (Wildman–Crippen MR) is 94.1 cm³/mol. The van der Waals surface area contributed by atoms with Gasteiger partial charge in [-0.1, -0.05) is 23.2 Å². The molecule has 1 aliphatic heterocycles. The molecule has 26 heavy (non-hydrogen) atoms. The molecule has 3 rings (SSSR count). The predicted octanol–water partition coefficient (Wildman–Crippen LogP) is 0.348. The number of benzene rings is 1. The van der Waals surface area contributed by atoms with Crippen LogP contribution in [0.1, 0.15) is 11.6 Å². The van der Waals surface area contributed by atoms with Gasteiger partial charge in [0.1, 0.15) is 11.6 Å². The average Bonchev–Trinajstić information content (AvgIpc) is 2.58. The van der Waals surface area contributed by atoms with Crippen molar-refractivity contribution in [1.29, 1.82) is 0 Å². The second-order valence-corrected chi connectivity index (χ2v) is 6.31. The number of halogens is 2. The molecular weight excluding hydrogens is 385 g/mol. The van der Waals surface area contributed by atoms with Crippen LogP contribution in [0.25, 0.3) is 5.69 Å². The number of amides is 1. The van der Waals surface area contributed by atoms with Gasteiger partial charge in [0.25, 0.3) is 5.56 Å². The van der Waals surface area contributed by atoms with Gasteiger partial charge in [0, 0.05) is 25.3 Å². The Morgan fingerprint density at radius 3 is 2.42 bits per heavy atom. The Bertz CT molecular complexity index is 1090. The molecule has 1 aromatic carbocycles. The van der Waals surface area contributed by atoms with E-state index in [0.29, 0.717) is 5.02 Å². The van der Waals surface area contributed by atoms with Gasteiger partial charge < -0.3 is 0 Å². The first-order valence-electron chi connectivity index (χ1n) is 7.24. The zero-order valence-corrected chi connectivity index (χ0v) is 15.0. The van der Waals surface area contributed by atoms with Crippen LogP contribution in [0.4, 0.5) is 0 Å². The first-order valence-corrected chi connectivity index (χ1v) is 7.99. The molecule has 0 radical (unpaired) electrons. The largest absolute Gasteiger partial charge is 0.351 e. The summed E-state index contributed by atoms with van der Waals surface area (Å²) in [5.74, 6) is -3.06. The minimum Gasteiger partial charge on any atom is -0.287 e. The first-order chi connectivity index (χ1) is 12.2. The Morgan fingerprint density at radius 1 is 1.08 bits per heavy atom. The summed E-state index contributed by atoms with van der Waals surface area (Å²) >= 11 is 11.9. The number of Topliss-reactive ketones (excluding diaryl/α,β-unsaturated/α-hetero) is 1. The van der Waals surface area contributed by atoms with Crippen molar-refractivity contribution in [2.45, 2.75) is 5.92 Å². The normalized spacial score (nSPS) is 17.1. The Labute approximate surface area is 156 Å². The summed E-state index contributed by atoms with van der Waals surface area (Å²) in [6.07, 6.45) is 1.13. The van der Waals surface area contributed by atoms with Crippen LogP contribution in [0.15, 0.2) is 32.9 Å². The Morgan fingerprint density at radius 2 is 1.77 bits per heavy atom. The second-order valence-electron chi connectivity index (χ2n) is 5.46. The number of carbonyl (C=O) groups is 2. The van der Waals surface area contributed by atoms with Crippen LogP contribution >= 0.6 is 23.2 Å². The topological polar surface area (TPSA) is 107 Å². The molecule has 9 nitrogen and oxygen atoms in total. The Kier molecular flexibility index (Phi) is 4.51. The highest BCUT2D eigenvalue weighted by molar-refractivity contribution is 6.42. The molecule has 1 amide bonds. The molecule has 0 saturated heterocycles. The maximum atomic E-state index is 12.9. The van der Waals surface area contributed by atoms with Gasteiger partial charge in [0.15, 0.2) is 0 Å². The molecule has 0 bridgehead atoms. The summed E-state index contributed by atoms with van der Waals surface area (Å²) in [5.41, 5.74) is -1.88. The minimum atomic E-state index is -1.30. The molecule has 1 unspecified atom stereocenters. The van der Waals surface area contributed by atoms with E-state index < -0.39 is 28.9 Å². The van der Waals surface area contributed by atoms with Crippen molar-refractivity contribution in [3.63, 3.8) is 0 Å². The summed E-state index contributed by atoms with van der Waals surface area (Å²) in [6.45, 7) is 0. The number of aromatic nitrogens is 3. The highest BCUT2D eigenvalue weighted by Crippen LogP contribution is 2.23. The number of carbonyl (C=O) groups excluding carboxylic acids is 2.